The monoisotopic (exact) mass is 515 g/mol. The van der Waals surface area contributed by atoms with Gasteiger partial charge in [0.15, 0.2) is 17.4 Å². The van der Waals surface area contributed by atoms with E-state index in [2.05, 4.69) is 0 Å². The van der Waals surface area contributed by atoms with E-state index in [-0.39, 0.29) is 13.2 Å². The van der Waals surface area contributed by atoms with Crippen molar-refractivity contribution in [1.82, 2.24) is 9.55 Å². The number of ether oxygens (including phenoxy) is 4. The van der Waals surface area contributed by atoms with Crippen LogP contribution in [0.25, 0.3) is 11.0 Å². The van der Waals surface area contributed by atoms with Crippen molar-refractivity contribution in [1.29, 1.82) is 0 Å². The minimum atomic E-state index is -1.20. The van der Waals surface area contributed by atoms with Crippen molar-refractivity contribution in [3.05, 3.63) is 77.9 Å². The number of amides is 1. The van der Waals surface area contributed by atoms with Gasteiger partial charge in [-0.1, -0.05) is 42.5 Å². The molecular formula is C29H29N3O6. The molecule has 1 aromatic heterocycles. The Kier molecular flexibility index (Phi) is 6.91. The highest BCUT2D eigenvalue weighted by Crippen LogP contribution is 2.49. The second kappa shape index (κ2) is 10.5. The molecule has 0 saturated heterocycles. The molecule has 9 nitrogen and oxygen atoms in total. The molecule has 9 heteroatoms. The number of carbonyl (C=O) groups is 2. The molecule has 0 bridgehead atoms. The Morgan fingerprint density at radius 2 is 1.61 bits per heavy atom. The molecule has 0 aliphatic carbocycles. The van der Waals surface area contributed by atoms with Gasteiger partial charge >= 0.3 is 5.97 Å². The average molecular weight is 516 g/mol. The number of fused-ring (bicyclic) bond motifs is 3. The van der Waals surface area contributed by atoms with Crippen LogP contribution in [0, 0.1) is 5.92 Å². The van der Waals surface area contributed by atoms with E-state index in [9.17, 15) is 9.59 Å². The molecule has 0 N–H and O–H groups in total. The number of imidazole rings is 1. The Hall–Kier alpha value is -4.53. The number of hydrogen-bond donors (Lipinski definition) is 0. The van der Waals surface area contributed by atoms with E-state index in [1.807, 2.05) is 59.2 Å². The molecule has 0 saturated carbocycles. The molecule has 1 aliphatic rings. The van der Waals surface area contributed by atoms with Crippen molar-refractivity contribution in [2.75, 3.05) is 32.8 Å². The summed E-state index contributed by atoms with van der Waals surface area (Å²) in [7, 11) is 4.56. The number of methoxy groups -OCH3 is 3. The fourth-order valence-corrected chi connectivity index (χ4v) is 5.10. The quantitative estimate of drug-likeness (QED) is 0.254. The van der Waals surface area contributed by atoms with Crippen LogP contribution < -0.4 is 19.1 Å². The van der Waals surface area contributed by atoms with Gasteiger partial charge in [-0.25, -0.2) is 4.98 Å². The number of para-hydroxylation sites is 2. The minimum Gasteiger partial charge on any atom is -0.493 e. The van der Waals surface area contributed by atoms with Crippen LogP contribution in [-0.4, -0.2) is 49.4 Å². The Balaban J connectivity index is 1.81. The summed E-state index contributed by atoms with van der Waals surface area (Å²) in [6.07, 6.45) is 0. The van der Waals surface area contributed by atoms with Crippen molar-refractivity contribution in [2.45, 2.75) is 19.5 Å². The van der Waals surface area contributed by atoms with Crippen molar-refractivity contribution in [2.24, 2.45) is 5.92 Å². The number of carbonyl (C=O) groups excluding carboxylic acids is 2. The molecule has 1 aliphatic heterocycles. The van der Waals surface area contributed by atoms with Crippen LogP contribution in [0.4, 0.5) is 5.95 Å². The van der Waals surface area contributed by atoms with Crippen molar-refractivity contribution >= 4 is 28.9 Å². The lowest BCUT2D eigenvalue weighted by molar-refractivity contribution is -0.153. The van der Waals surface area contributed by atoms with E-state index < -0.39 is 23.8 Å². The third-order valence-electron chi connectivity index (χ3n) is 6.72. The largest absolute Gasteiger partial charge is 0.493 e. The van der Waals surface area contributed by atoms with Crippen molar-refractivity contribution in [3.8, 4) is 17.2 Å². The van der Waals surface area contributed by atoms with Crippen molar-refractivity contribution < 1.29 is 28.5 Å². The predicted octanol–water partition coefficient (Wildman–Crippen LogP) is 4.38. The first-order valence-corrected chi connectivity index (χ1v) is 12.3. The van der Waals surface area contributed by atoms with Gasteiger partial charge in [0.1, 0.15) is 0 Å². The van der Waals surface area contributed by atoms with E-state index in [0.717, 1.165) is 11.1 Å². The van der Waals surface area contributed by atoms with Crippen LogP contribution in [0.3, 0.4) is 0 Å². The SMILES string of the molecule is CCOC(=O)[C@@H]1C(=O)N(Cc2ccccc2)c2nc3ccccc3n2[C@H]1c1ccc(OC)c(OC)c1OC. The number of aromatic nitrogens is 2. The number of benzene rings is 3. The van der Waals surface area contributed by atoms with Gasteiger partial charge in [-0.05, 0) is 36.8 Å². The Bertz CT molecular complexity index is 1480. The third-order valence-corrected chi connectivity index (χ3v) is 6.72. The van der Waals surface area contributed by atoms with E-state index in [4.69, 9.17) is 23.9 Å². The normalized spacial score (nSPS) is 16.7. The van der Waals surface area contributed by atoms with Gasteiger partial charge in [0.25, 0.3) is 0 Å². The predicted molar refractivity (Wildman–Crippen MR) is 142 cm³/mol. The highest BCUT2D eigenvalue weighted by Gasteiger charge is 2.49. The molecule has 2 atom stereocenters. The standard InChI is InChI=1S/C29H29N3O6/c1-5-38-28(34)23-24(19-15-16-22(35-2)26(37-4)25(19)36-3)32-21-14-10-9-13-20(21)30-29(32)31(27(23)33)17-18-11-7-6-8-12-18/h6-16,23-24H,5,17H2,1-4H3/t23-,24-/m0/s1. The zero-order valence-corrected chi connectivity index (χ0v) is 21.7. The van der Waals surface area contributed by atoms with Gasteiger partial charge in [-0.2, -0.15) is 0 Å². The second-order valence-corrected chi connectivity index (χ2v) is 8.78. The average Bonchev–Trinajstić information content (AvgIpc) is 3.33. The highest BCUT2D eigenvalue weighted by atomic mass is 16.5. The Labute approximate surface area is 220 Å². The van der Waals surface area contributed by atoms with Crippen LogP contribution in [0.2, 0.25) is 0 Å². The van der Waals surface area contributed by atoms with Gasteiger partial charge < -0.3 is 23.5 Å². The maximum atomic E-state index is 14.2. The third kappa shape index (κ3) is 4.09. The molecule has 4 aromatic rings. The molecule has 0 radical (unpaired) electrons. The zero-order valence-electron chi connectivity index (χ0n) is 21.7. The molecule has 0 unspecified atom stereocenters. The second-order valence-electron chi connectivity index (χ2n) is 8.78. The summed E-state index contributed by atoms with van der Waals surface area (Å²) in [6, 6.07) is 19.9. The molecule has 196 valence electrons. The lowest BCUT2D eigenvalue weighted by Crippen LogP contribution is -2.49. The van der Waals surface area contributed by atoms with Crippen LogP contribution >= 0.6 is 0 Å². The summed E-state index contributed by atoms with van der Waals surface area (Å²) >= 11 is 0. The Morgan fingerprint density at radius 1 is 0.895 bits per heavy atom. The zero-order chi connectivity index (χ0) is 26.8. The lowest BCUT2D eigenvalue weighted by Gasteiger charge is -2.38. The summed E-state index contributed by atoms with van der Waals surface area (Å²) in [6.45, 7) is 2.10. The van der Waals surface area contributed by atoms with E-state index >= 15 is 0 Å². The lowest BCUT2D eigenvalue weighted by atomic mass is 9.88. The van der Waals surface area contributed by atoms with Crippen molar-refractivity contribution in [3.63, 3.8) is 0 Å². The first-order chi connectivity index (χ1) is 18.5. The molecule has 1 amide bonds. The molecule has 0 fully saturated rings. The number of esters is 1. The van der Waals surface area contributed by atoms with Gasteiger partial charge in [-0.15, -0.1) is 0 Å². The molecule has 0 spiro atoms. The Morgan fingerprint density at radius 3 is 2.29 bits per heavy atom. The maximum absolute atomic E-state index is 14.2. The van der Waals surface area contributed by atoms with Gasteiger partial charge in [-0.3, -0.25) is 14.5 Å². The van der Waals surface area contributed by atoms with Gasteiger partial charge in [0, 0.05) is 5.56 Å². The summed E-state index contributed by atoms with van der Waals surface area (Å²) in [5.41, 5.74) is 2.94. The van der Waals surface area contributed by atoms with Crippen LogP contribution in [0.1, 0.15) is 24.1 Å². The van der Waals surface area contributed by atoms with E-state index in [1.165, 1.54) is 21.3 Å². The molecule has 2 heterocycles. The minimum absolute atomic E-state index is 0.134. The number of nitrogens with zero attached hydrogens (tertiary/aromatic N) is 3. The summed E-state index contributed by atoms with van der Waals surface area (Å²) in [4.78, 5) is 34.2. The van der Waals surface area contributed by atoms with Crippen LogP contribution in [-0.2, 0) is 20.9 Å². The molecule has 38 heavy (non-hydrogen) atoms. The van der Waals surface area contributed by atoms with Gasteiger partial charge in [0.2, 0.25) is 17.6 Å². The van der Waals surface area contributed by atoms with Crippen LogP contribution in [0.5, 0.6) is 17.2 Å². The fourth-order valence-electron chi connectivity index (χ4n) is 5.10. The first kappa shape index (κ1) is 25.1. The maximum Gasteiger partial charge on any atom is 0.321 e. The topological polar surface area (TPSA) is 92.1 Å². The van der Waals surface area contributed by atoms with Gasteiger partial charge in [0.05, 0.1) is 51.6 Å². The van der Waals surface area contributed by atoms with E-state index in [0.29, 0.717) is 34.3 Å². The molecular weight excluding hydrogens is 486 g/mol. The molecule has 5 rings (SSSR count). The van der Waals surface area contributed by atoms with E-state index in [1.54, 1.807) is 24.0 Å². The highest BCUT2D eigenvalue weighted by molar-refractivity contribution is 6.08. The smallest absolute Gasteiger partial charge is 0.321 e. The number of hydrogen-bond acceptors (Lipinski definition) is 7. The summed E-state index contributed by atoms with van der Waals surface area (Å²) in [5.74, 6) is -0.611. The first-order valence-electron chi connectivity index (χ1n) is 12.3. The number of rotatable bonds is 8. The van der Waals surface area contributed by atoms with Crippen LogP contribution in [0.15, 0.2) is 66.7 Å². The molecule has 3 aromatic carbocycles. The fraction of sp³-hybridized carbons (Fsp3) is 0.276. The summed E-state index contributed by atoms with van der Waals surface area (Å²) in [5, 5.41) is 0. The number of anilines is 1. The summed E-state index contributed by atoms with van der Waals surface area (Å²) < 4.78 is 24.3.